The number of halogens is 2. The topological polar surface area (TPSA) is 0 Å². The fourth-order valence-corrected chi connectivity index (χ4v) is 2.49. The van der Waals surface area contributed by atoms with E-state index in [0.29, 0.717) is 0 Å². The second-order valence-electron chi connectivity index (χ2n) is 3.98. The van der Waals surface area contributed by atoms with E-state index in [1.54, 1.807) is 0 Å². The van der Waals surface area contributed by atoms with Gasteiger partial charge in [-0.2, -0.15) is 0 Å². The van der Waals surface area contributed by atoms with E-state index >= 15 is 0 Å². The van der Waals surface area contributed by atoms with E-state index in [1.165, 1.54) is 38.5 Å². The van der Waals surface area contributed by atoms with Gasteiger partial charge in [0.05, 0.1) is 6.63 Å². The lowest BCUT2D eigenvalue weighted by molar-refractivity contribution is 0.519. The standard InChI is InChI=1S/C10H21Cl2P/c1-10(2)8-6-4-3-5-7-9-13(11)12/h10H,3-9H2,1-2H3. The van der Waals surface area contributed by atoms with Crippen LogP contribution in [0.2, 0.25) is 0 Å². The third kappa shape index (κ3) is 13.0. The molecule has 0 atom stereocenters. The van der Waals surface area contributed by atoms with Crippen LogP contribution < -0.4 is 0 Å². The highest BCUT2D eigenvalue weighted by molar-refractivity contribution is 8.03. The Bertz CT molecular complexity index is 93.1. The largest absolute Gasteiger partial charge is 0.0854 e. The summed E-state index contributed by atoms with van der Waals surface area (Å²) in [5.74, 6) is 0.860. The molecule has 0 unspecified atom stereocenters. The zero-order valence-corrected chi connectivity index (χ0v) is 11.1. The van der Waals surface area contributed by atoms with E-state index in [4.69, 9.17) is 22.5 Å². The Balaban J connectivity index is 2.92. The van der Waals surface area contributed by atoms with Gasteiger partial charge in [0, 0.05) is 0 Å². The molecule has 0 spiro atoms. The maximum atomic E-state index is 5.69. The van der Waals surface area contributed by atoms with E-state index < -0.39 is 6.63 Å². The van der Waals surface area contributed by atoms with Crippen molar-refractivity contribution in [3.63, 3.8) is 0 Å². The summed E-state index contributed by atoms with van der Waals surface area (Å²) in [4.78, 5) is 0. The Kier molecular flexibility index (Phi) is 10.3. The summed E-state index contributed by atoms with van der Waals surface area (Å²) in [5.41, 5.74) is 0. The molecule has 0 aromatic heterocycles. The minimum atomic E-state index is -0.691. The van der Waals surface area contributed by atoms with Crippen molar-refractivity contribution in [2.45, 2.75) is 52.4 Å². The van der Waals surface area contributed by atoms with Gasteiger partial charge in [-0.1, -0.05) is 68.4 Å². The molecule has 3 heteroatoms. The molecule has 0 fully saturated rings. The van der Waals surface area contributed by atoms with Crippen LogP contribution in [0.5, 0.6) is 0 Å². The van der Waals surface area contributed by atoms with E-state index in [1.807, 2.05) is 0 Å². The zero-order valence-electron chi connectivity index (χ0n) is 8.73. The molecule has 80 valence electrons. The van der Waals surface area contributed by atoms with Crippen LogP contribution in [0.4, 0.5) is 0 Å². The normalized spacial score (nSPS) is 11.5. The van der Waals surface area contributed by atoms with Crippen molar-refractivity contribution in [3.05, 3.63) is 0 Å². The van der Waals surface area contributed by atoms with Crippen LogP contribution in [0.3, 0.4) is 0 Å². The van der Waals surface area contributed by atoms with E-state index in [-0.39, 0.29) is 0 Å². The van der Waals surface area contributed by atoms with E-state index in [9.17, 15) is 0 Å². The number of rotatable bonds is 8. The highest BCUT2D eigenvalue weighted by Gasteiger charge is 1.98. The number of unbranched alkanes of at least 4 members (excludes halogenated alkanes) is 4. The fourth-order valence-electron chi connectivity index (χ4n) is 1.31. The van der Waals surface area contributed by atoms with Gasteiger partial charge in [0.1, 0.15) is 0 Å². The summed E-state index contributed by atoms with van der Waals surface area (Å²) in [6, 6.07) is 0. The van der Waals surface area contributed by atoms with Crippen molar-refractivity contribution in [2.75, 3.05) is 6.16 Å². The van der Waals surface area contributed by atoms with Crippen LogP contribution in [0.1, 0.15) is 52.4 Å². The van der Waals surface area contributed by atoms with Crippen molar-refractivity contribution in [1.29, 1.82) is 0 Å². The first-order valence-corrected chi connectivity index (χ1v) is 8.55. The summed E-state index contributed by atoms with van der Waals surface area (Å²) in [6.07, 6.45) is 9.01. The molecule has 0 aliphatic carbocycles. The van der Waals surface area contributed by atoms with Crippen LogP contribution in [0.15, 0.2) is 0 Å². The summed E-state index contributed by atoms with van der Waals surface area (Å²) >= 11 is 11.4. The third-order valence-corrected chi connectivity index (χ3v) is 3.78. The smallest absolute Gasteiger partial charge is 0.0781 e. The van der Waals surface area contributed by atoms with Gasteiger partial charge in [-0.25, -0.2) is 0 Å². The highest BCUT2D eigenvalue weighted by Crippen LogP contribution is 2.47. The Labute approximate surface area is 93.7 Å². The maximum absolute atomic E-state index is 5.69. The molecule has 0 nitrogen and oxygen atoms in total. The molecular weight excluding hydrogens is 222 g/mol. The van der Waals surface area contributed by atoms with Crippen LogP contribution in [-0.2, 0) is 0 Å². The predicted octanol–water partition coefficient (Wildman–Crippen LogP) is 5.77. The summed E-state index contributed by atoms with van der Waals surface area (Å²) < 4.78 is 0. The van der Waals surface area contributed by atoms with Gasteiger partial charge in [-0.15, -0.1) is 0 Å². The first kappa shape index (κ1) is 14.0. The van der Waals surface area contributed by atoms with Gasteiger partial charge >= 0.3 is 0 Å². The van der Waals surface area contributed by atoms with Crippen molar-refractivity contribution in [3.8, 4) is 0 Å². The quantitative estimate of drug-likeness (QED) is 0.375. The van der Waals surface area contributed by atoms with Gasteiger partial charge in [-0.3, -0.25) is 0 Å². The first-order valence-electron chi connectivity index (χ1n) is 5.22. The molecule has 0 amide bonds. The molecule has 13 heavy (non-hydrogen) atoms. The lowest BCUT2D eigenvalue weighted by Gasteiger charge is -2.04. The van der Waals surface area contributed by atoms with E-state index in [2.05, 4.69) is 13.8 Å². The molecule has 0 radical (unpaired) electrons. The van der Waals surface area contributed by atoms with Crippen LogP contribution in [0.25, 0.3) is 0 Å². The molecule has 0 aliphatic rings. The highest BCUT2D eigenvalue weighted by atomic mass is 35.9. The molecule has 0 N–H and O–H groups in total. The Morgan fingerprint density at radius 3 is 2.00 bits per heavy atom. The first-order chi connectivity index (χ1) is 6.13. The Morgan fingerprint density at radius 1 is 0.923 bits per heavy atom. The molecule has 0 rings (SSSR count). The van der Waals surface area contributed by atoms with Crippen molar-refractivity contribution < 1.29 is 0 Å². The van der Waals surface area contributed by atoms with Crippen LogP contribution in [-0.4, -0.2) is 6.16 Å². The van der Waals surface area contributed by atoms with Crippen LogP contribution >= 0.6 is 29.1 Å². The average molecular weight is 243 g/mol. The fraction of sp³-hybridized carbons (Fsp3) is 1.00. The van der Waals surface area contributed by atoms with Gasteiger partial charge in [0.15, 0.2) is 0 Å². The number of hydrogen-bond donors (Lipinski definition) is 0. The Morgan fingerprint density at radius 2 is 1.46 bits per heavy atom. The molecule has 0 aliphatic heterocycles. The SMILES string of the molecule is CC(C)CCCCCCCP(Cl)Cl. The minimum absolute atomic E-state index is 0.691. The second-order valence-corrected chi connectivity index (χ2v) is 8.00. The third-order valence-electron chi connectivity index (χ3n) is 2.11. The zero-order chi connectivity index (χ0) is 10.1. The van der Waals surface area contributed by atoms with E-state index in [0.717, 1.165) is 12.1 Å². The van der Waals surface area contributed by atoms with Gasteiger partial charge < -0.3 is 0 Å². The molecule has 0 aromatic rings. The lowest BCUT2D eigenvalue weighted by Crippen LogP contribution is -1.87. The molecule has 0 bridgehead atoms. The number of hydrogen-bond acceptors (Lipinski definition) is 0. The lowest BCUT2D eigenvalue weighted by atomic mass is 10.0. The molecule has 0 aromatic carbocycles. The van der Waals surface area contributed by atoms with Gasteiger partial charge in [-0.05, 0) is 18.5 Å². The second kappa shape index (κ2) is 9.56. The molecule has 0 saturated heterocycles. The summed E-state index contributed by atoms with van der Waals surface area (Å²) in [6.45, 7) is 3.88. The molecule has 0 saturated carbocycles. The van der Waals surface area contributed by atoms with Gasteiger partial charge in [0.2, 0.25) is 0 Å². The maximum Gasteiger partial charge on any atom is 0.0854 e. The van der Waals surface area contributed by atoms with Crippen molar-refractivity contribution in [2.24, 2.45) is 5.92 Å². The minimum Gasteiger partial charge on any atom is -0.0781 e. The van der Waals surface area contributed by atoms with Crippen molar-refractivity contribution in [1.82, 2.24) is 0 Å². The average Bonchev–Trinajstić information content (AvgIpc) is 2.01. The predicted molar refractivity (Wildman–Crippen MR) is 66.0 cm³/mol. The summed E-state index contributed by atoms with van der Waals surface area (Å²) in [7, 11) is 0. The molecular formula is C10H21Cl2P. The monoisotopic (exact) mass is 242 g/mol. The van der Waals surface area contributed by atoms with Gasteiger partial charge in [0.25, 0.3) is 0 Å². The van der Waals surface area contributed by atoms with Crippen LogP contribution in [0, 0.1) is 5.92 Å². The molecule has 0 heterocycles. The summed E-state index contributed by atoms with van der Waals surface area (Å²) in [5, 5.41) is 0. The Hall–Kier alpha value is 1.01. The van der Waals surface area contributed by atoms with Crippen molar-refractivity contribution >= 4 is 29.1 Å².